The quantitative estimate of drug-likeness (QED) is 0.788. The fourth-order valence-electron chi connectivity index (χ4n) is 2.32. The molecule has 4 nitrogen and oxygen atoms in total. The standard InChI is InChI=1S/C19H24N2O2/c1-20(2)12-13-21(15-16-8-5-4-6-9-16)19(22)17-10-7-11-18(14-17)23-3/h4-11,14H,12-13,15H2,1-3H3. The summed E-state index contributed by atoms with van der Waals surface area (Å²) in [5.41, 5.74) is 1.78. The summed E-state index contributed by atoms with van der Waals surface area (Å²) in [5.74, 6) is 0.720. The highest BCUT2D eigenvalue weighted by atomic mass is 16.5. The average molecular weight is 312 g/mol. The summed E-state index contributed by atoms with van der Waals surface area (Å²) >= 11 is 0. The maximum atomic E-state index is 12.9. The molecule has 0 aliphatic rings. The van der Waals surface area contributed by atoms with Gasteiger partial charge < -0.3 is 14.5 Å². The molecule has 0 spiro atoms. The number of carbonyl (C=O) groups is 1. The lowest BCUT2D eigenvalue weighted by atomic mass is 10.1. The Morgan fingerprint density at radius 3 is 2.39 bits per heavy atom. The van der Waals surface area contributed by atoms with Crippen LogP contribution in [0.25, 0.3) is 0 Å². The number of hydrogen-bond acceptors (Lipinski definition) is 3. The highest BCUT2D eigenvalue weighted by Gasteiger charge is 2.16. The van der Waals surface area contributed by atoms with Crippen LogP contribution in [0.4, 0.5) is 0 Å². The van der Waals surface area contributed by atoms with E-state index in [1.54, 1.807) is 13.2 Å². The van der Waals surface area contributed by atoms with Crippen molar-refractivity contribution < 1.29 is 9.53 Å². The van der Waals surface area contributed by atoms with Crippen LogP contribution < -0.4 is 4.74 Å². The highest BCUT2D eigenvalue weighted by molar-refractivity contribution is 5.94. The lowest BCUT2D eigenvalue weighted by Crippen LogP contribution is -2.36. The van der Waals surface area contributed by atoms with Crippen LogP contribution in [0.3, 0.4) is 0 Å². The maximum absolute atomic E-state index is 12.9. The lowest BCUT2D eigenvalue weighted by molar-refractivity contribution is 0.0731. The van der Waals surface area contributed by atoms with Crippen LogP contribution in [0.2, 0.25) is 0 Å². The number of hydrogen-bond donors (Lipinski definition) is 0. The van der Waals surface area contributed by atoms with Crippen molar-refractivity contribution in [1.29, 1.82) is 0 Å². The Hall–Kier alpha value is -2.33. The molecule has 0 bridgehead atoms. The van der Waals surface area contributed by atoms with E-state index in [2.05, 4.69) is 4.90 Å². The van der Waals surface area contributed by atoms with E-state index in [0.717, 1.165) is 12.1 Å². The highest BCUT2D eigenvalue weighted by Crippen LogP contribution is 2.16. The van der Waals surface area contributed by atoms with Crippen LogP contribution in [0.15, 0.2) is 54.6 Å². The topological polar surface area (TPSA) is 32.8 Å². The molecule has 0 aliphatic carbocycles. The first-order chi connectivity index (χ1) is 11.1. The molecule has 23 heavy (non-hydrogen) atoms. The number of benzene rings is 2. The largest absolute Gasteiger partial charge is 0.497 e. The predicted octanol–water partition coefficient (Wildman–Crippen LogP) is 2.90. The Bertz CT molecular complexity index is 626. The van der Waals surface area contributed by atoms with Crippen molar-refractivity contribution in [3.05, 3.63) is 65.7 Å². The van der Waals surface area contributed by atoms with Gasteiger partial charge in [0.25, 0.3) is 5.91 Å². The van der Waals surface area contributed by atoms with Gasteiger partial charge in [-0.3, -0.25) is 4.79 Å². The maximum Gasteiger partial charge on any atom is 0.254 e. The molecule has 0 aliphatic heterocycles. The molecule has 1 amide bonds. The van der Waals surface area contributed by atoms with Crippen molar-refractivity contribution in [3.63, 3.8) is 0 Å². The van der Waals surface area contributed by atoms with E-state index in [1.807, 2.05) is 67.5 Å². The summed E-state index contributed by atoms with van der Waals surface area (Å²) < 4.78 is 5.22. The number of rotatable bonds is 7. The van der Waals surface area contributed by atoms with Crippen molar-refractivity contribution >= 4 is 5.91 Å². The number of methoxy groups -OCH3 is 1. The van der Waals surface area contributed by atoms with E-state index in [0.29, 0.717) is 24.4 Å². The monoisotopic (exact) mass is 312 g/mol. The normalized spacial score (nSPS) is 10.6. The molecule has 4 heteroatoms. The van der Waals surface area contributed by atoms with Gasteiger partial charge in [-0.15, -0.1) is 0 Å². The average Bonchev–Trinajstić information content (AvgIpc) is 2.58. The molecule has 0 fully saturated rings. The molecule has 0 N–H and O–H groups in total. The summed E-state index contributed by atoms with van der Waals surface area (Å²) in [4.78, 5) is 16.8. The molecule has 0 saturated carbocycles. The van der Waals surface area contributed by atoms with Gasteiger partial charge in [0, 0.05) is 25.2 Å². The van der Waals surface area contributed by atoms with Gasteiger partial charge in [-0.1, -0.05) is 36.4 Å². The van der Waals surface area contributed by atoms with E-state index in [1.165, 1.54) is 0 Å². The molecule has 0 atom stereocenters. The predicted molar refractivity (Wildman–Crippen MR) is 92.7 cm³/mol. The van der Waals surface area contributed by atoms with E-state index in [4.69, 9.17) is 4.74 Å². The van der Waals surface area contributed by atoms with Gasteiger partial charge in [0.05, 0.1) is 7.11 Å². The molecule has 0 unspecified atom stereocenters. The molecule has 0 heterocycles. The van der Waals surface area contributed by atoms with Crippen molar-refractivity contribution in [1.82, 2.24) is 9.80 Å². The van der Waals surface area contributed by atoms with Crippen LogP contribution in [-0.2, 0) is 6.54 Å². The van der Waals surface area contributed by atoms with Crippen molar-refractivity contribution in [2.45, 2.75) is 6.54 Å². The van der Waals surface area contributed by atoms with Crippen LogP contribution in [-0.4, -0.2) is 50.0 Å². The molecule has 2 aromatic carbocycles. The minimum Gasteiger partial charge on any atom is -0.497 e. The molecular weight excluding hydrogens is 288 g/mol. The molecule has 122 valence electrons. The van der Waals surface area contributed by atoms with Crippen LogP contribution in [0.5, 0.6) is 5.75 Å². The Kier molecular flexibility index (Phi) is 6.18. The zero-order chi connectivity index (χ0) is 16.7. The first-order valence-corrected chi connectivity index (χ1v) is 7.72. The first kappa shape index (κ1) is 17.0. The number of amides is 1. The molecular formula is C19H24N2O2. The number of carbonyl (C=O) groups excluding carboxylic acids is 1. The fourth-order valence-corrected chi connectivity index (χ4v) is 2.32. The molecule has 2 aromatic rings. The molecule has 0 saturated heterocycles. The summed E-state index contributed by atoms with van der Waals surface area (Å²) in [7, 11) is 5.63. The second kappa shape index (κ2) is 8.34. The second-order valence-electron chi connectivity index (χ2n) is 5.75. The van der Waals surface area contributed by atoms with E-state index < -0.39 is 0 Å². The smallest absolute Gasteiger partial charge is 0.254 e. The third kappa shape index (κ3) is 5.11. The van der Waals surface area contributed by atoms with Crippen LogP contribution in [0, 0.1) is 0 Å². The molecule has 2 rings (SSSR count). The van der Waals surface area contributed by atoms with Gasteiger partial charge >= 0.3 is 0 Å². The van der Waals surface area contributed by atoms with Gasteiger partial charge in [0.2, 0.25) is 0 Å². The Morgan fingerprint density at radius 2 is 1.74 bits per heavy atom. The zero-order valence-corrected chi connectivity index (χ0v) is 14.0. The van der Waals surface area contributed by atoms with E-state index in [9.17, 15) is 4.79 Å². The number of likely N-dealkylation sites (N-methyl/N-ethyl adjacent to an activating group) is 1. The summed E-state index contributed by atoms with van der Waals surface area (Å²) in [6, 6.07) is 17.4. The third-order valence-electron chi connectivity index (χ3n) is 3.64. The first-order valence-electron chi connectivity index (χ1n) is 7.72. The van der Waals surface area contributed by atoms with Crippen LogP contribution >= 0.6 is 0 Å². The van der Waals surface area contributed by atoms with Gasteiger partial charge in [0.1, 0.15) is 5.75 Å². The minimum absolute atomic E-state index is 0.0228. The Morgan fingerprint density at radius 1 is 1.00 bits per heavy atom. The SMILES string of the molecule is COc1cccc(C(=O)N(CCN(C)C)Cc2ccccc2)c1. The second-order valence-corrected chi connectivity index (χ2v) is 5.75. The summed E-state index contributed by atoms with van der Waals surface area (Å²) in [6.45, 7) is 2.10. The Balaban J connectivity index is 2.19. The van der Waals surface area contributed by atoms with Crippen molar-refractivity contribution in [3.8, 4) is 5.75 Å². The molecule has 0 radical (unpaired) electrons. The minimum atomic E-state index is 0.0228. The van der Waals surface area contributed by atoms with Gasteiger partial charge in [-0.25, -0.2) is 0 Å². The molecule has 0 aromatic heterocycles. The van der Waals surface area contributed by atoms with Crippen molar-refractivity contribution in [2.75, 3.05) is 34.3 Å². The zero-order valence-electron chi connectivity index (χ0n) is 14.0. The van der Waals surface area contributed by atoms with Crippen LogP contribution in [0.1, 0.15) is 15.9 Å². The third-order valence-corrected chi connectivity index (χ3v) is 3.64. The lowest BCUT2D eigenvalue weighted by Gasteiger charge is -2.25. The van der Waals surface area contributed by atoms with Crippen molar-refractivity contribution in [2.24, 2.45) is 0 Å². The Labute approximate surface area is 138 Å². The van der Waals surface area contributed by atoms with Gasteiger partial charge in [0.15, 0.2) is 0 Å². The van der Waals surface area contributed by atoms with Gasteiger partial charge in [-0.2, -0.15) is 0 Å². The number of ether oxygens (including phenoxy) is 1. The summed E-state index contributed by atoms with van der Waals surface area (Å²) in [5, 5.41) is 0. The van der Waals surface area contributed by atoms with E-state index in [-0.39, 0.29) is 5.91 Å². The van der Waals surface area contributed by atoms with E-state index >= 15 is 0 Å². The van der Waals surface area contributed by atoms with Gasteiger partial charge in [-0.05, 0) is 37.9 Å². The summed E-state index contributed by atoms with van der Waals surface area (Å²) in [6.07, 6.45) is 0. The number of nitrogens with zero attached hydrogens (tertiary/aromatic N) is 2. The fraction of sp³-hybridized carbons (Fsp3) is 0.316.